The Morgan fingerprint density at radius 1 is 1.47 bits per heavy atom. The molecular formula is C15H21ClN2O. The van der Waals surface area contributed by atoms with Crippen LogP contribution in [0.3, 0.4) is 0 Å². The minimum absolute atomic E-state index is 0.241. The van der Waals surface area contributed by atoms with E-state index in [2.05, 4.69) is 18.8 Å². The maximum Gasteiger partial charge on any atom is 0.222 e. The van der Waals surface area contributed by atoms with Crippen LogP contribution < -0.4 is 0 Å². The Morgan fingerprint density at radius 3 is 2.95 bits per heavy atom. The summed E-state index contributed by atoms with van der Waals surface area (Å²) in [6.45, 7) is 5.88. The van der Waals surface area contributed by atoms with Gasteiger partial charge in [0.25, 0.3) is 0 Å². The third kappa shape index (κ3) is 3.93. The van der Waals surface area contributed by atoms with E-state index in [1.165, 1.54) is 0 Å². The predicted octanol–water partition coefficient (Wildman–Crippen LogP) is 3.52. The number of hydrogen-bond acceptors (Lipinski definition) is 2. The molecule has 0 aliphatic carbocycles. The number of rotatable bonds is 3. The minimum Gasteiger partial charge on any atom is -0.337 e. The van der Waals surface area contributed by atoms with Crippen molar-refractivity contribution in [2.75, 3.05) is 6.54 Å². The van der Waals surface area contributed by atoms with Gasteiger partial charge in [-0.25, -0.2) is 0 Å². The van der Waals surface area contributed by atoms with E-state index in [-0.39, 0.29) is 5.91 Å². The van der Waals surface area contributed by atoms with Crippen molar-refractivity contribution in [3.8, 4) is 0 Å². The predicted molar refractivity (Wildman–Crippen MR) is 76.8 cm³/mol. The normalized spacial score (nSPS) is 20.7. The lowest BCUT2D eigenvalue weighted by atomic mass is 9.89. The third-order valence-electron chi connectivity index (χ3n) is 3.93. The number of amides is 1. The number of carbonyl (C=O) groups excluding carboxylic acids is 1. The molecule has 1 aliphatic rings. The quantitative estimate of drug-likeness (QED) is 0.849. The van der Waals surface area contributed by atoms with Crippen LogP contribution in [0, 0.1) is 11.8 Å². The molecule has 3 nitrogen and oxygen atoms in total. The Hall–Kier alpha value is -1.09. The number of carbonyl (C=O) groups is 1. The lowest BCUT2D eigenvalue weighted by molar-refractivity contribution is -0.131. The molecule has 104 valence electrons. The lowest BCUT2D eigenvalue weighted by Gasteiger charge is -2.21. The topological polar surface area (TPSA) is 33.2 Å². The maximum absolute atomic E-state index is 12.1. The van der Waals surface area contributed by atoms with Crippen molar-refractivity contribution < 1.29 is 4.79 Å². The van der Waals surface area contributed by atoms with Crippen LogP contribution in [0.2, 0.25) is 5.02 Å². The van der Waals surface area contributed by atoms with Gasteiger partial charge < -0.3 is 4.90 Å². The van der Waals surface area contributed by atoms with Crippen molar-refractivity contribution in [1.82, 2.24) is 9.88 Å². The first kappa shape index (κ1) is 14.3. The SMILES string of the molecule is CC(C)C1CCC(=O)N(Cc2cc(Cl)ccn2)CC1. The smallest absolute Gasteiger partial charge is 0.222 e. The van der Waals surface area contributed by atoms with Crippen molar-refractivity contribution >= 4 is 17.5 Å². The molecule has 1 atom stereocenters. The van der Waals surface area contributed by atoms with E-state index in [1.54, 1.807) is 12.3 Å². The molecule has 0 saturated carbocycles. The molecule has 0 bridgehead atoms. The van der Waals surface area contributed by atoms with Gasteiger partial charge in [0.2, 0.25) is 5.91 Å². The highest BCUT2D eigenvalue weighted by Crippen LogP contribution is 2.25. The van der Waals surface area contributed by atoms with Crippen molar-refractivity contribution in [3.05, 3.63) is 29.0 Å². The Morgan fingerprint density at radius 2 is 2.26 bits per heavy atom. The molecule has 2 heterocycles. The van der Waals surface area contributed by atoms with Gasteiger partial charge in [0.15, 0.2) is 0 Å². The van der Waals surface area contributed by atoms with Gasteiger partial charge in [-0.05, 0) is 36.8 Å². The summed E-state index contributed by atoms with van der Waals surface area (Å²) in [6, 6.07) is 3.59. The summed E-state index contributed by atoms with van der Waals surface area (Å²) >= 11 is 5.95. The number of nitrogens with zero attached hydrogens (tertiary/aromatic N) is 2. The molecular weight excluding hydrogens is 260 g/mol. The highest BCUT2D eigenvalue weighted by molar-refractivity contribution is 6.30. The van der Waals surface area contributed by atoms with Crippen LogP contribution >= 0.6 is 11.6 Å². The second kappa shape index (κ2) is 6.38. The first-order valence-electron chi connectivity index (χ1n) is 6.94. The van der Waals surface area contributed by atoms with Gasteiger partial charge in [-0.3, -0.25) is 9.78 Å². The molecule has 0 N–H and O–H groups in total. The monoisotopic (exact) mass is 280 g/mol. The van der Waals surface area contributed by atoms with E-state index in [4.69, 9.17) is 11.6 Å². The molecule has 1 unspecified atom stereocenters. The molecule has 1 amide bonds. The van der Waals surface area contributed by atoms with Gasteiger partial charge in [0, 0.05) is 24.2 Å². The molecule has 1 saturated heterocycles. The molecule has 4 heteroatoms. The summed E-state index contributed by atoms with van der Waals surface area (Å²) in [6.07, 6.45) is 4.44. The summed E-state index contributed by atoms with van der Waals surface area (Å²) < 4.78 is 0. The summed E-state index contributed by atoms with van der Waals surface area (Å²) in [4.78, 5) is 18.3. The zero-order valence-corrected chi connectivity index (χ0v) is 12.4. The highest BCUT2D eigenvalue weighted by Gasteiger charge is 2.24. The van der Waals surface area contributed by atoms with E-state index in [0.717, 1.165) is 25.1 Å². The fraction of sp³-hybridized carbons (Fsp3) is 0.600. The molecule has 1 aromatic heterocycles. The van der Waals surface area contributed by atoms with Crippen LogP contribution in [0.15, 0.2) is 18.3 Å². The Bertz CT molecular complexity index is 448. The van der Waals surface area contributed by atoms with Gasteiger partial charge in [-0.2, -0.15) is 0 Å². The molecule has 0 radical (unpaired) electrons. The summed E-state index contributed by atoms with van der Waals surface area (Å²) in [5.41, 5.74) is 0.865. The van der Waals surface area contributed by atoms with Crippen LogP contribution in [-0.4, -0.2) is 22.3 Å². The van der Waals surface area contributed by atoms with Crippen LogP contribution in [0.4, 0.5) is 0 Å². The molecule has 1 aromatic rings. The largest absolute Gasteiger partial charge is 0.337 e. The standard InChI is InChI=1S/C15H21ClN2O/c1-11(2)12-3-4-15(19)18(8-6-12)10-14-9-13(16)5-7-17-14/h5,7,9,11-12H,3-4,6,8,10H2,1-2H3. The van der Waals surface area contributed by atoms with Crippen molar-refractivity contribution in [2.45, 2.75) is 39.7 Å². The maximum atomic E-state index is 12.1. The Balaban J connectivity index is 2.02. The highest BCUT2D eigenvalue weighted by atomic mass is 35.5. The molecule has 1 aliphatic heterocycles. The molecule has 2 rings (SSSR count). The van der Waals surface area contributed by atoms with Gasteiger partial charge in [-0.15, -0.1) is 0 Å². The first-order chi connectivity index (χ1) is 9.06. The van der Waals surface area contributed by atoms with E-state index in [9.17, 15) is 4.79 Å². The zero-order valence-electron chi connectivity index (χ0n) is 11.6. The third-order valence-corrected chi connectivity index (χ3v) is 4.16. The van der Waals surface area contributed by atoms with Crippen LogP contribution in [0.1, 0.15) is 38.8 Å². The van der Waals surface area contributed by atoms with Gasteiger partial charge in [0.1, 0.15) is 0 Å². The van der Waals surface area contributed by atoms with E-state index in [0.29, 0.717) is 29.8 Å². The lowest BCUT2D eigenvalue weighted by Crippen LogP contribution is -2.30. The molecule has 0 spiro atoms. The van der Waals surface area contributed by atoms with E-state index in [1.807, 2.05) is 11.0 Å². The summed E-state index contributed by atoms with van der Waals surface area (Å²) in [5, 5.41) is 0.673. The number of hydrogen-bond donors (Lipinski definition) is 0. The van der Waals surface area contributed by atoms with Gasteiger partial charge >= 0.3 is 0 Å². The van der Waals surface area contributed by atoms with Gasteiger partial charge in [-0.1, -0.05) is 25.4 Å². The zero-order chi connectivity index (χ0) is 13.8. The van der Waals surface area contributed by atoms with Crippen molar-refractivity contribution in [2.24, 2.45) is 11.8 Å². The first-order valence-corrected chi connectivity index (χ1v) is 7.32. The summed E-state index contributed by atoms with van der Waals surface area (Å²) in [5.74, 6) is 1.54. The number of halogens is 1. The van der Waals surface area contributed by atoms with E-state index >= 15 is 0 Å². The van der Waals surface area contributed by atoms with Crippen molar-refractivity contribution in [1.29, 1.82) is 0 Å². The van der Waals surface area contributed by atoms with Crippen LogP contribution in [0.25, 0.3) is 0 Å². The molecule has 1 fully saturated rings. The van der Waals surface area contributed by atoms with Crippen LogP contribution in [0.5, 0.6) is 0 Å². The van der Waals surface area contributed by atoms with Crippen molar-refractivity contribution in [3.63, 3.8) is 0 Å². The average molecular weight is 281 g/mol. The van der Waals surface area contributed by atoms with Gasteiger partial charge in [0.05, 0.1) is 12.2 Å². The average Bonchev–Trinajstić information content (AvgIpc) is 2.53. The fourth-order valence-corrected chi connectivity index (χ4v) is 2.80. The second-order valence-electron chi connectivity index (χ2n) is 5.61. The van der Waals surface area contributed by atoms with Crippen LogP contribution in [-0.2, 0) is 11.3 Å². The summed E-state index contributed by atoms with van der Waals surface area (Å²) in [7, 11) is 0. The second-order valence-corrected chi connectivity index (χ2v) is 6.05. The minimum atomic E-state index is 0.241. The Labute approximate surface area is 120 Å². The number of likely N-dealkylation sites (tertiary alicyclic amines) is 1. The Kier molecular flexibility index (Phi) is 4.81. The fourth-order valence-electron chi connectivity index (χ4n) is 2.62. The van der Waals surface area contributed by atoms with E-state index < -0.39 is 0 Å². The number of pyridine rings is 1. The molecule has 0 aromatic carbocycles. The molecule has 19 heavy (non-hydrogen) atoms. The number of aromatic nitrogens is 1.